The minimum Gasteiger partial charge on any atom is -0.481 e. The van der Waals surface area contributed by atoms with Gasteiger partial charge in [0.1, 0.15) is 11.3 Å². The van der Waals surface area contributed by atoms with Crippen molar-refractivity contribution in [2.24, 2.45) is 0 Å². The Morgan fingerprint density at radius 1 is 1.10 bits per heavy atom. The van der Waals surface area contributed by atoms with E-state index in [-0.39, 0.29) is 33.9 Å². The highest BCUT2D eigenvalue weighted by Crippen LogP contribution is 2.34. The maximum atomic E-state index is 13.5. The van der Waals surface area contributed by atoms with Gasteiger partial charge in [-0.1, -0.05) is 11.6 Å². The molecule has 10 heteroatoms. The Morgan fingerprint density at radius 2 is 1.81 bits per heavy atom. The van der Waals surface area contributed by atoms with E-state index in [1.165, 1.54) is 49.7 Å². The molecule has 3 aromatic heterocycles. The summed E-state index contributed by atoms with van der Waals surface area (Å²) in [6, 6.07) is 11.2. The van der Waals surface area contributed by atoms with Gasteiger partial charge in [0.2, 0.25) is 5.88 Å². The smallest absolute Gasteiger partial charge is 0.433 e. The van der Waals surface area contributed by atoms with E-state index < -0.39 is 17.4 Å². The molecule has 4 aromatic rings. The molecular formula is C21H14ClF3N4O2. The van der Waals surface area contributed by atoms with E-state index in [4.69, 9.17) is 22.1 Å². The number of rotatable bonds is 3. The Balaban J connectivity index is 2.14. The van der Waals surface area contributed by atoms with E-state index in [0.717, 1.165) is 10.6 Å². The Kier molecular flexibility index (Phi) is 5.06. The average molecular weight is 447 g/mol. The third-order valence-corrected chi connectivity index (χ3v) is 4.92. The molecule has 0 atom stereocenters. The van der Waals surface area contributed by atoms with Crippen LogP contribution in [0.25, 0.3) is 27.8 Å². The fraction of sp³-hybridized carbons (Fsp3) is 0.0952. The second kappa shape index (κ2) is 7.59. The van der Waals surface area contributed by atoms with Crippen molar-refractivity contribution in [3.8, 4) is 22.7 Å². The van der Waals surface area contributed by atoms with Crippen molar-refractivity contribution >= 4 is 28.3 Å². The summed E-state index contributed by atoms with van der Waals surface area (Å²) in [4.78, 5) is 21.3. The lowest BCUT2D eigenvalue weighted by Gasteiger charge is -2.17. The van der Waals surface area contributed by atoms with Crippen LogP contribution in [0.5, 0.6) is 5.88 Å². The van der Waals surface area contributed by atoms with Crippen molar-refractivity contribution in [3.05, 3.63) is 75.8 Å². The molecule has 0 aliphatic heterocycles. The van der Waals surface area contributed by atoms with Gasteiger partial charge >= 0.3 is 6.18 Å². The van der Waals surface area contributed by atoms with E-state index in [1.807, 2.05) is 0 Å². The molecule has 0 bridgehead atoms. The molecule has 0 radical (unpaired) electrons. The summed E-state index contributed by atoms with van der Waals surface area (Å²) >= 11 is 5.94. The van der Waals surface area contributed by atoms with Crippen molar-refractivity contribution in [3.63, 3.8) is 0 Å². The number of halogens is 4. The maximum absolute atomic E-state index is 13.5. The highest BCUT2D eigenvalue weighted by atomic mass is 35.5. The average Bonchev–Trinajstić information content (AvgIpc) is 2.74. The summed E-state index contributed by atoms with van der Waals surface area (Å²) in [6.07, 6.45) is -3.25. The predicted molar refractivity (Wildman–Crippen MR) is 112 cm³/mol. The van der Waals surface area contributed by atoms with E-state index in [0.29, 0.717) is 10.6 Å². The highest BCUT2D eigenvalue weighted by molar-refractivity contribution is 6.30. The summed E-state index contributed by atoms with van der Waals surface area (Å²) in [5.74, 6) is 0.250. The zero-order valence-electron chi connectivity index (χ0n) is 15.9. The number of benzene rings is 1. The van der Waals surface area contributed by atoms with Crippen molar-refractivity contribution < 1.29 is 17.9 Å². The van der Waals surface area contributed by atoms with Crippen LogP contribution in [0.4, 0.5) is 18.9 Å². The molecule has 0 spiro atoms. The Labute approximate surface area is 178 Å². The number of fused-ring (bicyclic) bond motifs is 1. The second-order valence-corrected chi connectivity index (χ2v) is 6.99. The lowest BCUT2D eigenvalue weighted by atomic mass is 10.0. The summed E-state index contributed by atoms with van der Waals surface area (Å²) in [6.45, 7) is 0. The molecule has 0 aliphatic rings. The zero-order chi connectivity index (χ0) is 22.3. The first-order valence-electron chi connectivity index (χ1n) is 8.89. The number of nitrogens with two attached hydrogens (primary N) is 1. The third-order valence-electron chi connectivity index (χ3n) is 4.67. The number of alkyl halides is 3. The van der Waals surface area contributed by atoms with E-state index in [9.17, 15) is 18.0 Å². The Morgan fingerprint density at radius 3 is 2.45 bits per heavy atom. The number of methoxy groups -OCH3 is 1. The van der Waals surface area contributed by atoms with E-state index in [2.05, 4.69) is 9.97 Å². The van der Waals surface area contributed by atoms with Gasteiger partial charge in [-0.2, -0.15) is 13.2 Å². The van der Waals surface area contributed by atoms with Crippen molar-refractivity contribution in [1.82, 2.24) is 14.5 Å². The van der Waals surface area contributed by atoms with Crippen LogP contribution in [0.1, 0.15) is 5.69 Å². The van der Waals surface area contributed by atoms with Gasteiger partial charge < -0.3 is 10.5 Å². The maximum Gasteiger partial charge on any atom is 0.433 e. The first-order chi connectivity index (χ1) is 14.7. The number of hydrogen-bond acceptors (Lipinski definition) is 5. The van der Waals surface area contributed by atoms with Crippen LogP contribution in [0.3, 0.4) is 0 Å². The minimum absolute atomic E-state index is 0.000286. The molecule has 0 saturated carbocycles. The van der Waals surface area contributed by atoms with Gasteiger partial charge in [-0.05, 0) is 48.0 Å². The molecular weight excluding hydrogens is 433 g/mol. The quantitative estimate of drug-likeness (QED) is 0.492. The second-order valence-electron chi connectivity index (χ2n) is 6.56. The van der Waals surface area contributed by atoms with Gasteiger partial charge in [-0.3, -0.25) is 9.36 Å². The normalized spacial score (nSPS) is 11.6. The number of aromatic nitrogens is 3. The molecule has 3 heterocycles. The fourth-order valence-corrected chi connectivity index (χ4v) is 3.36. The zero-order valence-corrected chi connectivity index (χ0v) is 16.7. The molecule has 31 heavy (non-hydrogen) atoms. The van der Waals surface area contributed by atoms with Gasteiger partial charge in [-0.25, -0.2) is 9.97 Å². The number of ether oxygens (including phenoxy) is 1. The summed E-state index contributed by atoms with van der Waals surface area (Å²) in [5.41, 5.74) is 5.03. The van der Waals surface area contributed by atoms with Gasteiger partial charge in [0.05, 0.1) is 24.0 Å². The van der Waals surface area contributed by atoms with Crippen molar-refractivity contribution in [2.75, 3.05) is 12.8 Å². The van der Waals surface area contributed by atoms with Crippen LogP contribution >= 0.6 is 11.6 Å². The number of pyridine rings is 3. The Hall–Kier alpha value is -3.59. The van der Waals surface area contributed by atoms with E-state index >= 15 is 0 Å². The summed E-state index contributed by atoms with van der Waals surface area (Å²) in [5, 5.41) is 0.591. The molecule has 4 rings (SSSR count). The van der Waals surface area contributed by atoms with Gasteiger partial charge in [0.15, 0.2) is 0 Å². The number of hydrogen-bond donors (Lipinski definition) is 1. The topological polar surface area (TPSA) is 83.0 Å². The fourth-order valence-electron chi connectivity index (χ4n) is 3.23. The monoisotopic (exact) mass is 446 g/mol. The molecule has 0 aliphatic carbocycles. The molecule has 0 unspecified atom stereocenters. The SMILES string of the molecule is COc1cc(-c2c(N)c3ccc(C(F)(F)F)nc3n(-c3ccc(Cl)cc3)c2=O)ccn1. The molecule has 158 valence electrons. The summed E-state index contributed by atoms with van der Waals surface area (Å²) < 4.78 is 46.1. The van der Waals surface area contributed by atoms with Crippen LogP contribution < -0.4 is 16.0 Å². The van der Waals surface area contributed by atoms with Crippen LogP contribution in [-0.2, 0) is 6.18 Å². The molecule has 0 fully saturated rings. The first kappa shape index (κ1) is 20.7. The van der Waals surface area contributed by atoms with Gasteiger partial charge in [-0.15, -0.1) is 0 Å². The minimum atomic E-state index is -4.69. The standard InChI is InChI=1S/C21H14ClF3N4O2/c1-31-16-10-11(8-9-27-16)17-18(26)14-6-7-15(21(23,24)25)28-19(14)29(20(17)30)13-4-2-12(22)3-5-13/h2-10H,26H2,1H3. The molecule has 0 saturated heterocycles. The number of nitrogen functional groups attached to an aromatic ring is 1. The Bertz CT molecular complexity index is 1350. The highest BCUT2D eigenvalue weighted by Gasteiger charge is 2.33. The molecule has 0 amide bonds. The van der Waals surface area contributed by atoms with Crippen LogP contribution in [0.15, 0.2) is 59.5 Å². The van der Waals surface area contributed by atoms with Crippen LogP contribution in [0, 0.1) is 0 Å². The van der Waals surface area contributed by atoms with Crippen LogP contribution in [-0.4, -0.2) is 21.6 Å². The number of anilines is 1. The van der Waals surface area contributed by atoms with Crippen molar-refractivity contribution in [2.45, 2.75) is 6.18 Å². The predicted octanol–water partition coefficient (Wildman–Crippen LogP) is 4.71. The largest absolute Gasteiger partial charge is 0.481 e. The van der Waals surface area contributed by atoms with E-state index in [1.54, 1.807) is 6.07 Å². The lowest BCUT2D eigenvalue weighted by Crippen LogP contribution is -2.24. The molecule has 6 nitrogen and oxygen atoms in total. The number of nitrogens with zero attached hydrogens (tertiary/aromatic N) is 3. The third kappa shape index (κ3) is 3.68. The van der Waals surface area contributed by atoms with Crippen molar-refractivity contribution in [1.29, 1.82) is 0 Å². The summed E-state index contributed by atoms with van der Waals surface area (Å²) in [7, 11) is 1.42. The van der Waals surface area contributed by atoms with Gasteiger partial charge in [0, 0.05) is 22.7 Å². The molecule has 2 N–H and O–H groups in total. The van der Waals surface area contributed by atoms with Gasteiger partial charge in [0.25, 0.3) is 5.56 Å². The lowest BCUT2D eigenvalue weighted by molar-refractivity contribution is -0.141. The first-order valence-corrected chi connectivity index (χ1v) is 9.27. The molecule has 1 aromatic carbocycles. The van der Waals surface area contributed by atoms with Crippen LogP contribution in [0.2, 0.25) is 5.02 Å².